The Hall–Kier alpha value is -1.85. The number of fused-ring (bicyclic) bond motifs is 2. The largest absolute Gasteiger partial charge is 0.467 e. The lowest BCUT2D eigenvalue weighted by Crippen LogP contribution is -2.58. The third-order valence-corrected chi connectivity index (χ3v) is 4.99. The van der Waals surface area contributed by atoms with E-state index in [4.69, 9.17) is 33.5 Å². The summed E-state index contributed by atoms with van der Waals surface area (Å²) >= 11 is 0. The molecule has 3 aliphatic heterocycles. The predicted molar refractivity (Wildman–Crippen MR) is 95.8 cm³/mol. The van der Waals surface area contributed by atoms with Crippen molar-refractivity contribution >= 4 is 5.97 Å². The summed E-state index contributed by atoms with van der Waals surface area (Å²) in [6.07, 6.45) is -2.24. The van der Waals surface area contributed by atoms with Gasteiger partial charge < -0.3 is 28.8 Å². The smallest absolute Gasteiger partial charge is 0.345 e. The number of aliphatic hydroxyl groups is 1. The second-order valence-corrected chi connectivity index (χ2v) is 7.50. The van der Waals surface area contributed by atoms with Gasteiger partial charge in [0.25, 0.3) is 0 Å². The molecule has 0 saturated carbocycles. The van der Waals surface area contributed by atoms with Crippen LogP contribution in [0.25, 0.3) is 0 Å². The summed E-state index contributed by atoms with van der Waals surface area (Å²) in [6.45, 7) is 3.82. The molecule has 1 aromatic carbocycles. The molecular weight excluding hydrogens is 384 g/mol. The molecule has 9 nitrogen and oxygen atoms in total. The van der Waals surface area contributed by atoms with Crippen molar-refractivity contribution in [2.45, 2.75) is 56.6 Å². The Morgan fingerprint density at radius 3 is 2.59 bits per heavy atom. The molecule has 3 heterocycles. The van der Waals surface area contributed by atoms with E-state index in [1.165, 1.54) is 13.2 Å². The molecule has 9 heteroatoms. The van der Waals surface area contributed by atoms with E-state index in [0.717, 1.165) is 5.56 Å². The molecule has 5 atom stereocenters. The molecule has 1 aromatic rings. The Morgan fingerprint density at radius 2 is 1.97 bits per heavy atom. The molecule has 0 spiro atoms. The second-order valence-electron chi connectivity index (χ2n) is 7.50. The fourth-order valence-corrected chi connectivity index (χ4v) is 3.73. The van der Waals surface area contributed by atoms with Crippen LogP contribution in [-0.2, 0) is 44.9 Å². The average Bonchev–Trinajstić information content (AvgIpc) is 3.42. The third-order valence-electron chi connectivity index (χ3n) is 4.99. The maximum atomic E-state index is 12.7. The summed E-state index contributed by atoms with van der Waals surface area (Å²) < 4.78 is 27.9. The Morgan fingerprint density at radius 1 is 1.21 bits per heavy atom. The fourth-order valence-electron chi connectivity index (χ4n) is 3.73. The number of methoxy groups -OCH3 is 1. The fraction of sp³-hybridized carbons (Fsp3) is 0.550. The highest BCUT2D eigenvalue weighted by Gasteiger charge is 2.62. The first-order chi connectivity index (χ1) is 13.8. The van der Waals surface area contributed by atoms with Crippen LogP contribution < -0.4 is 0 Å². The maximum Gasteiger partial charge on any atom is 0.345 e. The molecule has 2 fully saturated rings. The predicted octanol–water partition coefficient (Wildman–Crippen LogP) is 1.20. The molecule has 0 radical (unpaired) electrons. The number of rotatable bonds is 7. The Bertz CT molecular complexity index is 777. The summed E-state index contributed by atoms with van der Waals surface area (Å²) in [4.78, 5) is 22.6. The van der Waals surface area contributed by atoms with Gasteiger partial charge in [0.15, 0.2) is 5.79 Å². The molecule has 1 N–H and O–H groups in total. The number of carbonyl (C=O) groups excluding carboxylic acids is 1. The van der Waals surface area contributed by atoms with Gasteiger partial charge in [-0.15, -0.1) is 0 Å². The standard InChI is InChI=1S/C20H24O9/c1-19(2)26-14(11-24-10-12-7-5-4-6-8-12)16(27-19)20(22,18(21)23-3)13-9-15-25-17(13)29-28-15/h4-9,14-17,22H,10-11H2,1-3H3/t14-,15+,16+,17-,20+/m0/s1. The lowest BCUT2D eigenvalue weighted by Gasteiger charge is -2.35. The second kappa shape index (κ2) is 7.77. The molecule has 2 saturated heterocycles. The molecule has 0 aromatic heterocycles. The van der Waals surface area contributed by atoms with Crippen molar-refractivity contribution in [3.8, 4) is 0 Å². The van der Waals surface area contributed by atoms with Gasteiger partial charge in [-0.05, 0) is 25.5 Å². The van der Waals surface area contributed by atoms with Gasteiger partial charge in [0.1, 0.15) is 12.2 Å². The molecule has 158 valence electrons. The lowest BCUT2D eigenvalue weighted by molar-refractivity contribution is -0.293. The summed E-state index contributed by atoms with van der Waals surface area (Å²) in [5, 5.41) is 11.5. The summed E-state index contributed by atoms with van der Waals surface area (Å²) in [7, 11) is 1.18. The Balaban J connectivity index is 1.56. The van der Waals surface area contributed by atoms with Crippen molar-refractivity contribution < 1.29 is 43.4 Å². The molecular formula is C20H24O9. The highest BCUT2D eigenvalue weighted by molar-refractivity contribution is 5.85. The number of ether oxygens (including phenoxy) is 5. The van der Waals surface area contributed by atoms with Gasteiger partial charge in [-0.25, -0.2) is 4.79 Å². The molecule has 2 bridgehead atoms. The highest BCUT2D eigenvalue weighted by Crippen LogP contribution is 2.44. The van der Waals surface area contributed by atoms with Crippen molar-refractivity contribution in [1.29, 1.82) is 0 Å². The molecule has 3 aliphatic rings. The topological polar surface area (TPSA) is 102 Å². The normalized spacial score (nSPS) is 32.1. The minimum Gasteiger partial charge on any atom is -0.467 e. The number of benzene rings is 1. The van der Waals surface area contributed by atoms with Crippen LogP contribution in [-0.4, -0.2) is 61.0 Å². The van der Waals surface area contributed by atoms with E-state index in [1.807, 2.05) is 30.3 Å². The molecule has 0 aliphatic carbocycles. The third kappa shape index (κ3) is 3.82. The van der Waals surface area contributed by atoms with E-state index in [-0.39, 0.29) is 12.2 Å². The van der Waals surface area contributed by atoms with Crippen LogP contribution >= 0.6 is 0 Å². The zero-order chi connectivity index (χ0) is 20.6. The average molecular weight is 408 g/mol. The number of hydrogen-bond donors (Lipinski definition) is 1. The number of hydrogen-bond acceptors (Lipinski definition) is 9. The van der Waals surface area contributed by atoms with Crippen molar-refractivity contribution in [3.63, 3.8) is 0 Å². The van der Waals surface area contributed by atoms with Gasteiger partial charge >= 0.3 is 5.97 Å². The zero-order valence-corrected chi connectivity index (χ0v) is 16.4. The van der Waals surface area contributed by atoms with Crippen molar-refractivity contribution in [1.82, 2.24) is 0 Å². The Kier molecular flexibility index (Phi) is 5.47. The molecule has 0 unspecified atom stereocenters. The van der Waals surface area contributed by atoms with E-state index in [0.29, 0.717) is 6.61 Å². The molecule has 0 amide bonds. The van der Waals surface area contributed by atoms with Crippen LogP contribution in [0.5, 0.6) is 0 Å². The zero-order valence-electron chi connectivity index (χ0n) is 16.4. The minimum atomic E-state index is -2.20. The van der Waals surface area contributed by atoms with E-state index in [2.05, 4.69) is 0 Å². The highest BCUT2D eigenvalue weighted by atomic mass is 17.3. The lowest BCUT2D eigenvalue weighted by atomic mass is 9.84. The van der Waals surface area contributed by atoms with Crippen molar-refractivity contribution in [2.24, 2.45) is 0 Å². The van der Waals surface area contributed by atoms with E-state index >= 15 is 0 Å². The SMILES string of the molecule is COC(=O)[C@@](O)(C1=C[C@H]2OO[C@@H]1O2)[C@@H]1OC(C)(C)O[C@H]1COCc1ccccc1. The van der Waals surface area contributed by atoms with Gasteiger partial charge in [0, 0.05) is 5.57 Å². The van der Waals surface area contributed by atoms with Crippen LogP contribution in [0.2, 0.25) is 0 Å². The molecule has 4 rings (SSSR count). The van der Waals surface area contributed by atoms with Crippen molar-refractivity contribution in [3.05, 3.63) is 47.5 Å². The van der Waals surface area contributed by atoms with Crippen LogP contribution in [0, 0.1) is 0 Å². The van der Waals surface area contributed by atoms with E-state index in [1.54, 1.807) is 13.8 Å². The first-order valence-corrected chi connectivity index (χ1v) is 9.31. The first kappa shape index (κ1) is 20.4. The summed E-state index contributed by atoms with van der Waals surface area (Å²) in [6, 6.07) is 9.63. The van der Waals surface area contributed by atoms with Crippen LogP contribution in [0.15, 0.2) is 42.0 Å². The van der Waals surface area contributed by atoms with Crippen LogP contribution in [0.4, 0.5) is 0 Å². The van der Waals surface area contributed by atoms with Crippen molar-refractivity contribution in [2.75, 3.05) is 13.7 Å². The van der Waals surface area contributed by atoms with Gasteiger partial charge in [-0.1, -0.05) is 30.3 Å². The van der Waals surface area contributed by atoms with E-state index < -0.39 is 42.1 Å². The number of carbonyl (C=O) groups is 1. The number of esters is 1. The quantitative estimate of drug-likeness (QED) is 0.405. The summed E-state index contributed by atoms with van der Waals surface area (Å²) in [5.74, 6) is -1.97. The van der Waals surface area contributed by atoms with E-state index in [9.17, 15) is 9.90 Å². The van der Waals surface area contributed by atoms with Gasteiger partial charge in [-0.2, -0.15) is 9.78 Å². The minimum absolute atomic E-state index is 0.0852. The van der Waals surface area contributed by atoms with Crippen LogP contribution in [0.1, 0.15) is 19.4 Å². The maximum absolute atomic E-state index is 12.7. The molecule has 29 heavy (non-hydrogen) atoms. The monoisotopic (exact) mass is 408 g/mol. The van der Waals surface area contributed by atoms with Gasteiger partial charge in [0.2, 0.25) is 18.2 Å². The van der Waals surface area contributed by atoms with Gasteiger partial charge in [0.05, 0.1) is 20.3 Å². The Labute approximate surface area is 168 Å². The first-order valence-electron chi connectivity index (χ1n) is 9.31. The summed E-state index contributed by atoms with van der Waals surface area (Å²) in [5.41, 5.74) is -1.06. The van der Waals surface area contributed by atoms with Crippen LogP contribution in [0.3, 0.4) is 0 Å². The van der Waals surface area contributed by atoms with Gasteiger partial charge in [-0.3, -0.25) is 0 Å².